The van der Waals surface area contributed by atoms with Crippen molar-refractivity contribution < 1.29 is 13.2 Å². The van der Waals surface area contributed by atoms with Gasteiger partial charge in [0.1, 0.15) is 4.21 Å². The summed E-state index contributed by atoms with van der Waals surface area (Å²) in [5.74, 6) is 0.0694. The molecular formula is C11H15BrClN3O3S2. The zero-order valence-corrected chi connectivity index (χ0v) is 15.0. The van der Waals surface area contributed by atoms with Crippen LogP contribution in [0.4, 0.5) is 4.79 Å². The molecule has 21 heavy (non-hydrogen) atoms. The number of thiophene rings is 1. The predicted molar refractivity (Wildman–Crippen MR) is 86.1 cm³/mol. The molecule has 0 aliphatic carbocycles. The van der Waals surface area contributed by atoms with E-state index < -0.39 is 16.1 Å². The fourth-order valence-electron chi connectivity index (χ4n) is 2.24. The van der Waals surface area contributed by atoms with Gasteiger partial charge in [0, 0.05) is 19.6 Å². The molecule has 3 N–H and O–H groups in total. The maximum atomic E-state index is 12.6. The molecule has 0 saturated carbocycles. The lowest BCUT2D eigenvalue weighted by molar-refractivity contribution is 0.236. The molecule has 1 unspecified atom stereocenters. The Kier molecular flexibility index (Phi) is 5.53. The van der Waals surface area contributed by atoms with Crippen LogP contribution >= 0.6 is 38.9 Å². The van der Waals surface area contributed by atoms with Crippen molar-refractivity contribution in [3.8, 4) is 0 Å². The van der Waals surface area contributed by atoms with Crippen molar-refractivity contribution in [1.29, 1.82) is 0 Å². The number of nitrogens with zero attached hydrogens (tertiary/aromatic N) is 1. The Morgan fingerprint density at radius 2 is 2.33 bits per heavy atom. The fraction of sp³-hybridized carbons (Fsp3) is 0.545. The van der Waals surface area contributed by atoms with Gasteiger partial charge in [0.15, 0.2) is 0 Å². The highest BCUT2D eigenvalue weighted by atomic mass is 79.9. The number of nitrogens with one attached hydrogen (secondary N) is 1. The SMILES string of the molecule is NC(=O)NCC1CCCN(S(=O)(=O)c2cc(Cl)c(Br)s2)C1. The van der Waals surface area contributed by atoms with Crippen LogP contribution in [0.2, 0.25) is 5.02 Å². The van der Waals surface area contributed by atoms with Crippen molar-refractivity contribution in [2.24, 2.45) is 11.7 Å². The van der Waals surface area contributed by atoms with Crippen molar-refractivity contribution in [2.75, 3.05) is 19.6 Å². The van der Waals surface area contributed by atoms with E-state index in [-0.39, 0.29) is 10.1 Å². The number of amides is 2. The number of halogens is 2. The molecule has 1 aliphatic heterocycles. The average Bonchev–Trinajstić information content (AvgIpc) is 2.77. The van der Waals surface area contributed by atoms with E-state index in [4.69, 9.17) is 17.3 Å². The number of hydrogen-bond acceptors (Lipinski definition) is 4. The number of hydrogen-bond donors (Lipinski definition) is 2. The molecule has 118 valence electrons. The fourth-order valence-corrected chi connectivity index (χ4v) is 6.35. The highest BCUT2D eigenvalue weighted by Crippen LogP contribution is 2.36. The molecule has 1 aliphatic rings. The lowest BCUT2D eigenvalue weighted by Gasteiger charge is -2.31. The van der Waals surface area contributed by atoms with Crippen LogP contribution in [0.25, 0.3) is 0 Å². The van der Waals surface area contributed by atoms with Gasteiger partial charge in [-0.2, -0.15) is 4.31 Å². The van der Waals surface area contributed by atoms with Gasteiger partial charge in [-0.05, 0) is 40.8 Å². The Hall–Kier alpha value is -0.350. The van der Waals surface area contributed by atoms with Crippen LogP contribution < -0.4 is 11.1 Å². The van der Waals surface area contributed by atoms with Crippen LogP contribution in [0.5, 0.6) is 0 Å². The number of carbonyl (C=O) groups excluding carboxylic acids is 1. The summed E-state index contributed by atoms with van der Waals surface area (Å²) in [6.07, 6.45) is 1.62. The van der Waals surface area contributed by atoms with Gasteiger partial charge in [-0.1, -0.05) is 11.6 Å². The van der Waals surface area contributed by atoms with Crippen molar-refractivity contribution >= 4 is 54.9 Å². The normalized spacial score (nSPS) is 20.4. The Morgan fingerprint density at radius 3 is 2.90 bits per heavy atom. The first kappa shape index (κ1) is 17.0. The summed E-state index contributed by atoms with van der Waals surface area (Å²) in [5.41, 5.74) is 5.04. The maximum absolute atomic E-state index is 12.6. The van der Waals surface area contributed by atoms with E-state index in [9.17, 15) is 13.2 Å². The second kappa shape index (κ2) is 6.82. The van der Waals surface area contributed by atoms with Gasteiger partial charge in [0.25, 0.3) is 10.0 Å². The Balaban J connectivity index is 2.11. The minimum atomic E-state index is -3.54. The predicted octanol–water partition coefficient (Wildman–Crippen LogP) is 2.23. The largest absolute Gasteiger partial charge is 0.352 e. The number of primary amides is 1. The third kappa shape index (κ3) is 4.10. The summed E-state index contributed by atoms with van der Waals surface area (Å²) in [5, 5.41) is 2.92. The zero-order chi connectivity index (χ0) is 15.6. The molecule has 10 heteroatoms. The summed E-state index contributed by atoms with van der Waals surface area (Å²) in [6.45, 7) is 1.23. The smallest absolute Gasteiger partial charge is 0.312 e. The van der Waals surface area contributed by atoms with Gasteiger partial charge in [-0.15, -0.1) is 11.3 Å². The number of urea groups is 1. The first-order valence-corrected chi connectivity index (χ1v) is 9.71. The summed E-state index contributed by atoms with van der Waals surface area (Å²) in [6, 6.07) is 0.862. The Labute approximate surface area is 140 Å². The average molecular weight is 417 g/mol. The molecule has 1 aromatic heterocycles. The zero-order valence-electron chi connectivity index (χ0n) is 11.0. The molecule has 2 amide bonds. The van der Waals surface area contributed by atoms with Gasteiger partial charge >= 0.3 is 6.03 Å². The lowest BCUT2D eigenvalue weighted by atomic mass is 10.00. The van der Waals surface area contributed by atoms with Gasteiger partial charge in [-0.25, -0.2) is 13.2 Å². The van der Waals surface area contributed by atoms with Crippen LogP contribution in [0.1, 0.15) is 12.8 Å². The van der Waals surface area contributed by atoms with Crippen LogP contribution in [-0.4, -0.2) is 38.4 Å². The topological polar surface area (TPSA) is 92.5 Å². The van der Waals surface area contributed by atoms with Crippen LogP contribution in [0, 0.1) is 5.92 Å². The Morgan fingerprint density at radius 1 is 1.62 bits per heavy atom. The van der Waals surface area contributed by atoms with Crippen LogP contribution in [0.15, 0.2) is 14.1 Å². The van der Waals surface area contributed by atoms with Gasteiger partial charge < -0.3 is 11.1 Å². The molecule has 2 rings (SSSR count). The van der Waals surface area contributed by atoms with Crippen molar-refractivity contribution in [2.45, 2.75) is 17.1 Å². The maximum Gasteiger partial charge on any atom is 0.312 e. The first-order chi connectivity index (χ1) is 9.80. The summed E-state index contributed by atoms with van der Waals surface area (Å²) in [4.78, 5) is 10.7. The third-order valence-corrected chi connectivity index (χ3v) is 8.05. The van der Waals surface area contributed by atoms with Gasteiger partial charge in [0.2, 0.25) is 0 Å². The highest BCUT2D eigenvalue weighted by Gasteiger charge is 2.31. The van der Waals surface area contributed by atoms with Crippen molar-refractivity contribution in [3.63, 3.8) is 0 Å². The second-order valence-electron chi connectivity index (χ2n) is 4.80. The Bertz CT molecular complexity index is 615. The summed E-state index contributed by atoms with van der Waals surface area (Å²) < 4.78 is 27.4. The quantitative estimate of drug-likeness (QED) is 0.788. The van der Waals surface area contributed by atoms with Gasteiger partial charge in [-0.3, -0.25) is 0 Å². The first-order valence-electron chi connectivity index (χ1n) is 6.29. The molecule has 0 bridgehead atoms. The third-order valence-electron chi connectivity index (χ3n) is 3.26. The van der Waals surface area contributed by atoms with E-state index in [2.05, 4.69) is 21.2 Å². The molecule has 1 saturated heterocycles. The van der Waals surface area contributed by atoms with E-state index in [1.807, 2.05) is 0 Å². The standard InChI is InChI=1S/C11H15BrClN3O3S2/c12-10-8(13)4-9(20-10)21(18,19)16-3-1-2-7(6-16)5-15-11(14)17/h4,7H,1-3,5-6H2,(H3,14,15,17). The number of nitrogens with two attached hydrogens (primary N) is 1. The monoisotopic (exact) mass is 415 g/mol. The van der Waals surface area contributed by atoms with E-state index >= 15 is 0 Å². The second-order valence-corrected chi connectivity index (χ2v) is 9.75. The molecule has 6 nitrogen and oxygen atoms in total. The molecule has 0 radical (unpaired) electrons. The van der Waals surface area contributed by atoms with E-state index in [0.29, 0.717) is 28.4 Å². The molecule has 2 heterocycles. The van der Waals surface area contributed by atoms with Crippen molar-refractivity contribution in [1.82, 2.24) is 9.62 Å². The lowest BCUT2D eigenvalue weighted by Crippen LogP contribution is -2.44. The molecular weight excluding hydrogens is 402 g/mol. The van der Waals surface area contributed by atoms with E-state index in [1.54, 1.807) is 0 Å². The molecule has 1 aromatic rings. The number of sulfonamides is 1. The van der Waals surface area contributed by atoms with Gasteiger partial charge in [0.05, 0.1) is 8.81 Å². The number of carbonyl (C=O) groups is 1. The minimum Gasteiger partial charge on any atom is -0.352 e. The molecule has 1 fully saturated rings. The summed E-state index contributed by atoms with van der Waals surface area (Å²) >= 11 is 10.2. The molecule has 0 spiro atoms. The van der Waals surface area contributed by atoms with E-state index in [1.165, 1.54) is 10.4 Å². The van der Waals surface area contributed by atoms with Crippen LogP contribution in [-0.2, 0) is 10.0 Å². The molecule has 1 atom stereocenters. The molecule has 0 aromatic carbocycles. The van der Waals surface area contributed by atoms with E-state index in [0.717, 1.165) is 24.2 Å². The minimum absolute atomic E-state index is 0.0694. The number of rotatable bonds is 4. The highest BCUT2D eigenvalue weighted by molar-refractivity contribution is 9.11. The summed E-state index contributed by atoms with van der Waals surface area (Å²) in [7, 11) is -3.54. The van der Waals surface area contributed by atoms with Crippen molar-refractivity contribution in [3.05, 3.63) is 14.9 Å². The number of piperidine rings is 1. The van der Waals surface area contributed by atoms with Crippen LogP contribution in [0.3, 0.4) is 0 Å².